The number of carboxylic acid groups (broad SMARTS) is 2. The zero-order valence-electron chi connectivity index (χ0n) is 14.0. The van der Waals surface area contributed by atoms with Crippen LogP contribution in [-0.2, 0) is 30.9 Å². The van der Waals surface area contributed by atoms with E-state index in [2.05, 4.69) is 15.9 Å². The molecule has 0 aliphatic carbocycles. The highest BCUT2D eigenvalue weighted by atomic mass is 79.9. The van der Waals surface area contributed by atoms with Crippen molar-refractivity contribution in [1.82, 2.24) is 5.32 Å². The number of nitrogens with one attached hydrogen (secondary N) is 1. The van der Waals surface area contributed by atoms with Gasteiger partial charge in [0.15, 0.2) is 0 Å². The minimum atomic E-state index is -4.04. The predicted octanol–water partition coefficient (Wildman–Crippen LogP) is 1.41. The van der Waals surface area contributed by atoms with Gasteiger partial charge in [0.05, 0.1) is 0 Å². The molecule has 1 atom stereocenters. The number of carboxylic acids is 2. The van der Waals surface area contributed by atoms with E-state index in [0.717, 1.165) is 0 Å². The van der Waals surface area contributed by atoms with Crippen molar-refractivity contribution in [3.63, 3.8) is 0 Å². The van der Waals surface area contributed by atoms with E-state index in [1.165, 1.54) is 36.4 Å². The average molecular weight is 472 g/mol. The number of hydrogen-bond acceptors (Lipinski definition) is 6. The van der Waals surface area contributed by atoms with Crippen LogP contribution in [-0.4, -0.2) is 42.5 Å². The van der Waals surface area contributed by atoms with E-state index >= 15 is 0 Å². The van der Waals surface area contributed by atoms with Gasteiger partial charge in [-0.2, -0.15) is 8.42 Å². The van der Waals surface area contributed by atoms with Crippen LogP contribution in [0.15, 0.2) is 57.9 Å². The molecule has 0 saturated heterocycles. The summed E-state index contributed by atoms with van der Waals surface area (Å²) in [6.45, 7) is 0. The fourth-order valence-corrected chi connectivity index (χ4v) is 3.31. The lowest BCUT2D eigenvalue weighted by Gasteiger charge is -2.13. The summed E-state index contributed by atoms with van der Waals surface area (Å²) >= 11 is 3.20. The van der Waals surface area contributed by atoms with Crippen LogP contribution in [0.2, 0.25) is 0 Å². The second-order valence-electron chi connectivity index (χ2n) is 5.51. The fraction of sp³-hybridized carbons (Fsp3) is 0.118. The summed E-state index contributed by atoms with van der Waals surface area (Å²) in [6.07, 6.45) is -0.200. The quantitative estimate of drug-likeness (QED) is 0.405. The molecule has 28 heavy (non-hydrogen) atoms. The average Bonchev–Trinajstić information content (AvgIpc) is 2.62. The topological polar surface area (TPSA) is 147 Å². The highest BCUT2D eigenvalue weighted by Gasteiger charge is 2.24. The van der Waals surface area contributed by atoms with Gasteiger partial charge in [0, 0.05) is 10.9 Å². The Morgan fingerprint density at radius 3 is 2.07 bits per heavy atom. The summed E-state index contributed by atoms with van der Waals surface area (Å²) < 4.78 is 30.2. The molecule has 0 unspecified atom stereocenters. The summed E-state index contributed by atoms with van der Waals surface area (Å²) in [4.78, 5) is 32.8. The van der Waals surface area contributed by atoms with Crippen LogP contribution < -0.4 is 9.50 Å². The van der Waals surface area contributed by atoms with Crippen molar-refractivity contribution in [2.75, 3.05) is 0 Å². The molecule has 0 aromatic heterocycles. The van der Waals surface area contributed by atoms with Gasteiger partial charge < -0.3 is 19.7 Å². The van der Waals surface area contributed by atoms with E-state index < -0.39 is 34.0 Å². The zero-order chi connectivity index (χ0) is 20.9. The minimum Gasteiger partial charge on any atom is -0.480 e. The van der Waals surface area contributed by atoms with Gasteiger partial charge in [-0.25, -0.2) is 9.59 Å². The first-order valence-electron chi connectivity index (χ1n) is 7.64. The summed E-state index contributed by atoms with van der Waals surface area (Å²) in [6, 6.07) is 9.86. The largest absolute Gasteiger partial charge is 0.480 e. The van der Waals surface area contributed by atoms with Crippen molar-refractivity contribution in [3.8, 4) is 5.75 Å². The Morgan fingerprint density at radius 2 is 1.57 bits per heavy atom. The Kier molecular flexibility index (Phi) is 6.75. The standard InChI is InChI=1S/C17H14BrNO8S/c18-11-3-7-13(8-4-11)28(25,26)27-12-5-1-10(2-6-12)9-14(16(21)22)19-15(20)17(23)24/h1-8,14H,9H2,(H,19,20)(H,21,22)(H,23,24)/t14-/m1/s1. The molecule has 0 fully saturated rings. The molecule has 0 radical (unpaired) electrons. The smallest absolute Gasteiger partial charge is 0.394 e. The predicted molar refractivity (Wildman–Crippen MR) is 99.3 cm³/mol. The van der Waals surface area contributed by atoms with Crippen molar-refractivity contribution in [1.29, 1.82) is 0 Å². The summed E-state index contributed by atoms with van der Waals surface area (Å²) in [5, 5.41) is 19.5. The van der Waals surface area contributed by atoms with Gasteiger partial charge in [-0.15, -0.1) is 0 Å². The summed E-state index contributed by atoms with van der Waals surface area (Å²) in [5.74, 6) is -4.64. The number of halogens is 1. The third kappa shape index (κ3) is 5.79. The first-order chi connectivity index (χ1) is 13.1. The zero-order valence-corrected chi connectivity index (χ0v) is 16.4. The first kappa shape index (κ1) is 21.4. The van der Waals surface area contributed by atoms with Crippen molar-refractivity contribution < 1.29 is 37.2 Å². The van der Waals surface area contributed by atoms with Gasteiger partial charge in [-0.1, -0.05) is 28.1 Å². The molecule has 0 bridgehead atoms. The maximum absolute atomic E-state index is 12.2. The Bertz CT molecular complexity index is 987. The molecule has 0 aliphatic heterocycles. The first-order valence-corrected chi connectivity index (χ1v) is 9.84. The van der Waals surface area contributed by atoms with E-state index in [0.29, 0.717) is 10.0 Å². The number of hydrogen-bond donors (Lipinski definition) is 3. The Labute approximate surface area is 168 Å². The van der Waals surface area contributed by atoms with Crippen LogP contribution in [0.1, 0.15) is 5.56 Å². The molecule has 2 aromatic rings. The van der Waals surface area contributed by atoms with Crippen LogP contribution in [0.5, 0.6) is 5.75 Å². The van der Waals surface area contributed by atoms with Gasteiger partial charge >= 0.3 is 28.0 Å². The van der Waals surface area contributed by atoms with Gasteiger partial charge in [-0.3, -0.25) is 4.79 Å². The van der Waals surface area contributed by atoms with Crippen molar-refractivity contribution in [2.24, 2.45) is 0 Å². The SMILES string of the molecule is O=C(O)C(=O)N[C@H](Cc1ccc(OS(=O)(=O)c2ccc(Br)cc2)cc1)C(=O)O. The van der Waals surface area contributed by atoms with Crippen molar-refractivity contribution >= 4 is 43.9 Å². The number of aliphatic carboxylic acids is 2. The molecule has 0 saturated carbocycles. The summed E-state index contributed by atoms with van der Waals surface area (Å²) in [7, 11) is -4.04. The Morgan fingerprint density at radius 1 is 1.00 bits per heavy atom. The Balaban J connectivity index is 2.09. The second-order valence-corrected chi connectivity index (χ2v) is 7.97. The molecule has 1 amide bonds. The third-order valence-electron chi connectivity index (χ3n) is 3.47. The van der Waals surface area contributed by atoms with Gasteiger partial charge in [0.2, 0.25) is 0 Å². The van der Waals surface area contributed by atoms with Gasteiger partial charge in [-0.05, 0) is 42.0 Å². The molecule has 0 heterocycles. The molecule has 2 rings (SSSR count). The van der Waals surface area contributed by atoms with E-state index in [9.17, 15) is 22.8 Å². The number of carbonyl (C=O) groups excluding carboxylic acids is 1. The van der Waals surface area contributed by atoms with E-state index in [1.807, 2.05) is 5.32 Å². The maximum atomic E-state index is 12.2. The molecule has 3 N–H and O–H groups in total. The molecular weight excluding hydrogens is 458 g/mol. The molecular formula is C17H14BrNO8S. The molecule has 0 aliphatic rings. The van der Waals surface area contributed by atoms with E-state index in [-0.39, 0.29) is 17.1 Å². The van der Waals surface area contributed by atoms with Crippen molar-refractivity contribution in [2.45, 2.75) is 17.4 Å². The fourth-order valence-electron chi connectivity index (χ4n) is 2.11. The van der Waals surface area contributed by atoms with Crippen LogP contribution in [0, 0.1) is 0 Å². The number of amides is 1. The lowest BCUT2D eigenvalue weighted by atomic mass is 10.1. The molecule has 11 heteroatoms. The highest BCUT2D eigenvalue weighted by Crippen LogP contribution is 2.21. The van der Waals surface area contributed by atoms with Gasteiger partial charge in [0.1, 0.15) is 16.7 Å². The second kappa shape index (κ2) is 8.85. The summed E-state index contributed by atoms with van der Waals surface area (Å²) in [5.41, 5.74) is 0.423. The molecule has 9 nitrogen and oxygen atoms in total. The van der Waals surface area contributed by atoms with Crippen LogP contribution >= 0.6 is 15.9 Å². The van der Waals surface area contributed by atoms with Crippen LogP contribution in [0.4, 0.5) is 0 Å². The maximum Gasteiger partial charge on any atom is 0.394 e. The van der Waals surface area contributed by atoms with Crippen LogP contribution in [0.3, 0.4) is 0 Å². The monoisotopic (exact) mass is 471 g/mol. The number of carbonyl (C=O) groups is 3. The normalized spacial score (nSPS) is 12.0. The molecule has 2 aromatic carbocycles. The van der Waals surface area contributed by atoms with Crippen molar-refractivity contribution in [3.05, 3.63) is 58.6 Å². The third-order valence-corrected chi connectivity index (χ3v) is 5.26. The van der Waals surface area contributed by atoms with Gasteiger partial charge in [0.25, 0.3) is 0 Å². The molecule has 0 spiro atoms. The Hall–Kier alpha value is -2.92. The van der Waals surface area contributed by atoms with E-state index in [4.69, 9.17) is 14.4 Å². The number of benzene rings is 2. The number of rotatable bonds is 7. The van der Waals surface area contributed by atoms with E-state index in [1.54, 1.807) is 12.1 Å². The lowest BCUT2D eigenvalue weighted by molar-refractivity contribution is -0.152. The highest BCUT2D eigenvalue weighted by molar-refractivity contribution is 9.10. The minimum absolute atomic E-state index is 0.00751. The van der Waals surface area contributed by atoms with Crippen LogP contribution in [0.25, 0.3) is 0 Å². The lowest BCUT2D eigenvalue weighted by Crippen LogP contribution is -2.45. The molecule has 148 valence electrons.